The molecule has 1 aliphatic carbocycles. The molecule has 0 aromatic carbocycles. The van der Waals surface area contributed by atoms with E-state index in [1.807, 2.05) is 0 Å². The minimum atomic E-state index is -0.466. The average molecular weight is 271 g/mol. The smallest absolute Gasteiger partial charge is 0.272 e. The van der Waals surface area contributed by atoms with Crippen molar-refractivity contribution in [2.24, 2.45) is 0 Å². The van der Waals surface area contributed by atoms with E-state index in [-0.39, 0.29) is 18.3 Å². The number of hydrogen-bond donors (Lipinski definition) is 1. The minimum absolute atomic E-state index is 0.222. The predicted octanol–water partition coefficient (Wildman–Crippen LogP) is 2.30. The van der Waals surface area contributed by atoms with Gasteiger partial charge >= 0.3 is 0 Å². The van der Waals surface area contributed by atoms with Crippen LogP contribution in [0.3, 0.4) is 0 Å². The molecule has 0 aromatic heterocycles. The number of carbonyl (C=O) groups is 1. The fourth-order valence-corrected chi connectivity index (χ4v) is 2.56. The number of hydroxylamine groups is 1. The molecule has 2 unspecified atom stereocenters. The van der Waals surface area contributed by atoms with E-state index in [9.17, 15) is 4.79 Å². The molecular weight excluding hydrogens is 246 g/mol. The first-order valence-corrected chi connectivity index (χ1v) is 7.48. The highest BCUT2D eigenvalue weighted by atomic mass is 16.8. The summed E-state index contributed by atoms with van der Waals surface area (Å²) in [6.45, 7) is 2.48. The van der Waals surface area contributed by atoms with E-state index in [1.54, 1.807) is 6.92 Å². The SMILES string of the molecule is CC(OC1CCCCC1)C(=O)NOC1CCCCO1. The van der Waals surface area contributed by atoms with Gasteiger partial charge in [-0.15, -0.1) is 0 Å². The van der Waals surface area contributed by atoms with Crippen molar-refractivity contribution < 1.29 is 19.1 Å². The van der Waals surface area contributed by atoms with Crippen LogP contribution < -0.4 is 5.48 Å². The first-order chi connectivity index (χ1) is 9.25. The van der Waals surface area contributed by atoms with E-state index >= 15 is 0 Å². The van der Waals surface area contributed by atoms with Gasteiger partial charge in [0.05, 0.1) is 6.10 Å². The van der Waals surface area contributed by atoms with Crippen LogP contribution in [0.25, 0.3) is 0 Å². The van der Waals surface area contributed by atoms with Crippen molar-refractivity contribution in [1.29, 1.82) is 0 Å². The number of rotatable bonds is 5. The monoisotopic (exact) mass is 271 g/mol. The van der Waals surface area contributed by atoms with Gasteiger partial charge in [-0.3, -0.25) is 4.79 Å². The highest BCUT2D eigenvalue weighted by Gasteiger charge is 2.22. The second-order valence-corrected chi connectivity index (χ2v) is 5.42. The molecule has 1 aliphatic heterocycles. The van der Waals surface area contributed by atoms with Gasteiger partial charge in [-0.25, -0.2) is 10.3 Å². The van der Waals surface area contributed by atoms with E-state index < -0.39 is 6.10 Å². The molecule has 1 N–H and O–H groups in total. The lowest BCUT2D eigenvalue weighted by atomic mass is 9.98. The molecule has 110 valence electrons. The van der Waals surface area contributed by atoms with Crippen LogP contribution in [0.5, 0.6) is 0 Å². The quantitative estimate of drug-likeness (QED) is 0.780. The summed E-state index contributed by atoms with van der Waals surface area (Å²) in [5.74, 6) is -0.222. The highest BCUT2D eigenvalue weighted by Crippen LogP contribution is 2.21. The Bertz CT molecular complexity index is 273. The second-order valence-electron chi connectivity index (χ2n) is 5.42. The molecule has 1 amide bonds. The zero-order valence-electron chi connectivity index (χ0n) is 11.7. The molecule has 0 bridgehead atoms. The summed E-state index contributed by atoms with van der Waals surface area (Å²) >= 11 is 0. The lowest BCUT2D eigenvalue weighted by molar-refractivity contribution is -0.205. The van der Waals surface area contributed by atoms with E-state index in [4.69, 9.17) is 14.3 Å². The van der Waals surface area contributed by atoms with Crippen molar-refractivity contribution in [2.75, 3.05) is 6.61 Å². The van der Waals surface area contributed by atoms with E-state index in [2.05, 4.69) is 5.48 Å². The maximum atomic E-state index is 11.8. The summed E-state index contributed by atoms with van der Waals surface area (Å²) in [7, 11) is 0. The normalized spacial score (nSPS) is 26.9. The topological polar surface area (TPSA) is 56.8 Å². The van der Waals surface area contributed by atoms with Crippen molar-refractivity contribution in [3.63, 3.8) is 0 Å². The zero-order chi connectivity index (χ0) is 13.5. The van der Waals surface area contributed by atoms with Crippen molar-refractivity contribution in [3.05, 3.63) is 0 Å². The van der Waals surface area contributed by atoms with Crippen LogP contribution in [-0.2, 0) is 19.1 Å². The van der Waals surface area contributed by atoms with E-state index in [0.29, 0.717) is 6.61 Å². The number of nitrogens with one attached hydrogen (secondary N) is 1. The van der Waals surface area contributed by atoms with Crippen molar-refractivity contribution >= 4 is 5.91 Å². The molecule has 0 spiro atoms. The first-order valence-electron chi connectivity index (χ1n) is 7.48. The number of ether oxygens (including phenoxy) is 2. The lowest BCUT2D eigenvalue weighted by Crippen LogP contribution is -2.40. The van der Waals surface area contributed by atoms with Gasteiger partial charge in [-0.05, 0) is 32.6 Å². The van der Waals surface area contributed by atoms with Gasteiger partial charge in [0.1, 0.15) is 6.10 Å². The summed E-state index contributed by atoms with van der Waals surface area (Å²) in [5.41, 5.74) is 2.45. The molecule has 1 heterocycles. The minimum Gasteiger partial charge on any atom is -0.365 e. The predicted molar refractivity (Wildman–Crippen MR) is 70.2 cm³/mol. The second kappa shape index (κ2) is 7.82. The van der Waals surface area contributed by atoms with Crippen LogP contribution >= 0.6 is 0 Å². The maximum absolute atomic E-state index is 11.8. The number of hydrogen-bond acceptors (Lipinski definition) is 4. The molecule has 2 rings (SSSR count). The third kappa shape index (κ3) is 5.09. The van der Waals surface area contributed by atoms with Crippen molar-refractivity contribution in [3.8, 4) is 0 Å². The zero-order valence-corrected chi connectivity index (χ0v) is 11.7. The molecule has 0 radical (unpaired) electrons. The van der Waals surface area contributed by atoms with Gasteiger partial charge in [0.2, 0.25) is 0 Å². The molecule has 0 aromatic rings. The molecule has 2 fully saturated rings. The summed E-state index contributed by atoms with van der Waals surface area (Å²) in [5, 5.41) is 0. The number of amides is 1. The van der Waals surface area contributed by atoms with Crippen molar-refractivity contribution in [2.45, 2.75) is 76.8 Å². The molecule has 5 nitrogen and oxygen atoms in total. The molecule has 1 saturated carbocycles. The van der Waals surface area contributed by atoms with Crippen LogP contribution in [0.15, 0.2) is 0 Å². The van der Waals surface area contributed by atoms with Crippen LogP contribution in [-0.4, -0.2) is 31.0 Å². The molecule has 2 aliphatic rings. The van der Waals surface area contributed by atoms with Crippen molar-refractivity contribution in [1.82, 2.24) is 5.48 Å². The first kappa shape index (κ1) is 14.8. The standard InChI is InChI=1S/C14H25NO4/c1-11(18-12-7-3-2-4-8-12)14(16)15-19-13-9-5-6-10-17-13/h11-13H,2-10H2,1H3,(H,15,16). The fraction of sp³-hybridized carbons (Fsp3) is 0.929. The van der Waals surface area contributed by atoms with Crippen LogP contribution in [0, 0.1) is 0 Å². The summed E-state index contributed by atoms with van der Waals surface area (Å²) in [6.07, 6.45) is 8.22. The third-order valence-electron chi connectivity index (χ3n) is 3.75. The Balaban J connectivity index is 1.63. The van der Waals surface area contributed by atoms with Crippen LogP contribution in [0.4, 0.5) is 0 Å². The summed E-state index contributed by atoms with van der Waals surface area (Å²) < 4.78 is 11.1. The molecule has 1 saturated heterocycles. The van der Waals surface area contributed by atoms with E-state index in [0.717, 1.165) is 32.1 Å². The Morgan fingerprint density at radius 1 is 1.16 bits per heavy atom. The largest absolute Gasteiger partial charge is 0.365 e. The maximum Gasteiger partial charge on any atom is 0.272 e. The third-order valence-corrected chi connectivity index (χ3v) is 3.75. The summed E-state index contributed by atoms with van der Waals surface area (Å²) in [6, 6.07) is 0. The van der Waals surface area contributed by atoms with Gasteiger partial charge in [0.25, 0.3) is 5.91 Å². The molecule has 5 heteroatoms. The summed E-state index contributed by atoms with van der Waals surface area (Å²) in [4.78, 5) is 17.1. The number of carbonyl (C=O) groups excluding carboxylic acids is 1. The van der Waals surface area contributed by atoms with Gasteiger partial charge < -0.3 is 9.47 Å². The Hall–Kier alpha value is -0.650. The molecular formula is C14H25NO4. The van der Waals surface area contributed by atoms with Gasteiger partial charge in [0, 0.05) is 13.0 Å². The Morgan fingerprint density at radius 3 is 2.58 bits per heavy atom. The van der Waals surface area contributed by atoms with Crippen LogP contribution in [0.1, 0.15) is 58.3 Å². The van der Waals surface area contributed by atoms with Gasteiger partial charge in [-0.2, -0.15) is 0 Å². The Morgan fingerprint density at radius 2 is 1.89 bits per heavy atom. The molecule has 19 heavy (non-hydrogen) atoms. The lowest BCUT2D eigenvalue weighted by Gasteiger charge is -2.26. The van der Waals surface area contributed by atoms with Crippen LogP contribution in [0.2, 0.25) is 0 Å². The fourth-order valence-electron chi connectivity index (χ4n) is 2.56. The van der Waals surface area contributed by atoms with Gasteiger partial charge in [-0.1, -0.05) is 19.3 Å². The van der Waals surface area contributed by atoms with Gasteiger partial charge in [0.15, 0.2) is 6.29 Å². The van der Waals surface area contributed by atoms with E-state index in [1.165, 1.54) is 19.3 Å². The Kier molecular flexibility index (Phi) is 6.07. The Labute approximate surface area is 114 Å². The highest BCUT2D eigenvalue weighted by molar-refractivity contribution is 5.79. The average Bonchev–Trinajstić information content (AvgIpc) is 2.47. The molecule has 2 atom stereocenters.